The van der Waals surface area contributed by atoms with E-state index in [2.05, 4.69) is 0 Å². The van der Waals surface area contributed by atoms with E-state index in [-0.39, 0.29) is 11.4 Å². The third-order valence-corrected chi connectivity index (χ3v) is 5.13. The zero-order chi connectivity index (χ0) is 15.2. The fourth-order valence-corrected chi connectivity index (χ4v) is 4.16. The van der Waals surface area contributed by atoms with Crippen LogP contribution in [0.4, 0.5) is 24.5 Å². The Morgan fingerprint density at radius 3 is 2.57 bits per heavy atom. The molecule has 2 fully saturated rings. The molecule has 0 heterocycles. The number of halogens is 3. The lowest BCUT2D eigenvalue weighted by Gasteiger charge is -2.30. The van der Waals surface area contributed by atoms with Gasteiger partial charge in [-0.15, -0.1) is 0 Å². The molecule has 3 unspecified atom stereocenters. The zero-order valence-corrected chi connectivity index (χ0v) is 12.2. The van der Waals surface area contributed by atoms with Crippen molar-refractivity contribution in [3.05, 3.63) is 23.8 Å². The van der Waals surface area contributed by atoms with Crippen molar-refractivity contribution in [1.29, 1.82) is 0 Å². The Morgan fingerprint density at radius 2 is 2.00 bits per heavy atom. The molecule has 0 aromatic heterocycles. The summed E-state index contributed by atoms with van der Waals surface area (Å²) in [6.07, 6.45) is 0.628. The van der Waals surface area contributed by atoms with Crippen molar-refractivity contribution in [2.45, 2.75) is 31.9 Å². The van der Waals surface area contributed by atoms with Gasteiger partial charge in [0.2, 0.25) is 0 Å². The van der Waals surface area contributed by atoms with Crippen LogP contribution in [0, 0.1) is 17.8 Å². The van der Waals surface area contributed by atoms with E-state index in [0.717, 1.165) is 12.0 Å². The summed E-state index contributed by atoms with van der Waals surface area (Å²) in [6.45, 7) is 0.703. The van der Waals surface area contributed by atoms with Gasteiger partial charge in [-0.25, -0.2) is 0 Å². The van der Waals surface area contributed by atoms with E-state index in [9.17, 15) is 13.2 Å². The molecule has 2 aliphatic rings. The van der Waals surface area contributed by atoms with Gasteiger partial charge in [0.25, 0.3) is 0 Å². The van der Waals surface area contributed by atoms with Crippen LogP contribution in [0.15, 0.2) is 18.2 Å². The molecule has 0 radical (unpaired) electrons. The lowest BCUT2D eigenvalue weighted by molar-refractivity contribution is -0.137. The van der Waals surface area contributed by atoms with Crippen LogP contribution < -0.4 is 10.6 Å². The van der Waals surface area contributed by atoms with Gasteiger partial charge in [-0.2, -0.15) is 13.2 Å². The molecule has 3 rings (SSSR count). The summed E-state index contributed by atoms with van der Waals surface area (Å²) in [6, 6.07) is 4.07. The van der Waals surface area contributed by atoms with Gasteiger partial charge in [-0.3, -0.25) is 0 Å². The largest absolute Gasteiger partial charge is 0.418 e. The molecule has 2 saturated carbocycles. The van der Waals surface area contributed by atoms with Crippen molar-refractivity contribution in [3.8, 4) is 0 Å². The van der Waals surface area contributed by atoms with Crippen LogP contribution in [0.25, 0.3) is 0 Å². The standard InChI is InChI=1S/C16H21F3N2/c1-21(9-12-7-10-2-3-11(12)6-10)15-5-4-13(20)8-14(15)16(17,18)19/h4-5,8,10-12H,2-3,6-7,9,20H2,1H3. The van der Waals surface area contributed by atoms with Crippen LogP contribution in [0.5, 0.6) is 0 Å². The van der Waals surface area contributed by atoms with E-state index in [4.69, 9.17) is 5.73 Å². The van der Waals surface area contributed by atoms with Gasteiger partial charge in [0, 0.05) is 25.0 Å². The molecule has 2 bridgehead atoms. The number of rotatable bonds is 3. The highest BCUT2D eigenvalue weighted by molar-refractivity contribution is 5.60. The first-order chi connectivity index (χ1) is 9.84. The highest BCUT2D eigenvalue weighted by Crippen LogP contribution is 2.49. The lowest BCUT2D eigenvalue weighted by atomic mass is 9.88. The summed E-state index contributed by atoms with van der Waals surface area (Å²) in [5.41, 5.74) is 5.28. The summed E-state index contributed by atoms with van der Waals surface area (Å²) in [5.74, 6) is 2.05. The Balaban J connectivity index is 1.79. The van der Waals surface area contributed by atoms with Crippen LogP contribution in [0.3, 0.4) is 0 Å². The maximum Gasteiger partial charge on any atom is 0.418 e. The van der Waals surface area contributed by atoms with Gasteiger partial charge in [0.05, 0.1) is 5.56 Å². The summed E-state index contributed by atoms with van der Waals surface area (Å²) in [4.78, 5) is 1.76. The van der Waals surface area contributed by atoms with E-state index >= 15 is 0 Å². The van der Waals surface area contributed by atoms with Crippen LogP contribution in [-0.4, -0.2) is 13.6 Å². The summed E-state index contributed by atoms with van der Waals surface area (Å²) >= 11 is 0. The van der Waals surface area contributed by atoms with E-state index in [1.807, 2.05) is 0 Å². The van der Waals surface area contributed by atoms with E-state index in [1.54, 1.807) is 18.0 Å². The maximum atomic E-state index is 13.2. The third-order valence-electron chi connectivity index (χ3n) is 5.13. The zero-order valence-electron chi connectivity index (χ0n) is 12.2. The molecular formula is C16H21F3N2. The molecule has 1 aromatic rings. The van der Waals surface area contributed by atoms with Gasteiger partial charge in [-0.1, -0.05) is 6.42 Å². The number of alkyl halides is 3. The average Bonchev–Trinajstić information content (AvgIpc) is 2.99. The lowest BCUT2D eigenvalue weighted by Crippen LogP contribution is -2.30. The smallest absolute Gasteiger partial charge is 0.399 e. The molecule has 2 aliphatic carbocycles. The Hall–Kier alpha value is -1.39. The predicted octanol–water partition coefficient (Wildman–Crippen LogP) is 4.16. The van der Waals surface area contributed by atoms with Crippen molar-refractivity contribution in [3.63, 3.8) is 0 Å². The Labute approximate surface area is 123 Å². The molecule has 116 valence electrons. The van der Waals surface area contributed by atoms with Crippen molar-refractivity contribution >= 4 is 11.4 Å². The molecular weight excluding hydrogens is 277 g/mol. The van der Waals surface area contributed by atoms with Crippen LogP contribution in [0.1, 0.15) is 31.2 Å². The maximum absolute atomic E-state index is 13.2. The van der Waals surface area contributed by atoms with Gasteiger partial charge < -0.3 is 10.6 Å². The van der Waals surface area contributed by atoms with E-state index in [1.165, 1.54) is 31.7 Å². The molecule has 0 amide bonds. The van der Waals surface area contributed by atoms with Gasteiger partial charge >= 0.3 is 6.18 Å². The predicted molar refractivity (Wildman–Crippen MR) is 78.1 cm³/mol. The normalized spacial score (nSPS) is 28.1. The highest BCUT2D eigenvalue weighted by atomic mass is 19.4. The van der Waals surface area contributed by atoms with Crippen molar-refractivity contribution in [2.24, 2.45) is 17.8 Å². The highest BCUT2D eigenvalue weighted by Gasteiger charge is 2.40. The summed E-state index contributed by atoms with van der Waals surface area (Å²) < 4.78 is 39.5. The Morgan fingerprint density at radius 1 is 1.24 bits per heavy atom. The second-order valence-electron chi connectivity index (χ2n) is 6.59. The fourth-order valence-electron chi connectivity index (χ4n) is 4.16. The Kier molecular flexibility index (Phi) is 3.54. The first-order valence-corrected chi connectivity index (χ1v) is 7.52. The number of benzene rings is 1. The number of fused-ring (bicyclic) bond motifs is 2. The number of anilines is 2. The minimum atomic E-state index is -4.37. The van der Waals surface area contributed by atoms with Gasteiger partial charge in [-0.05, 0) is 55.2 Å². The molecule has 2 N–H and O–H groups in total. The number of nitrogens with zero attached hydrogens (tertiary/aromatic N) is 1. The van der Waals surface area contributed by atoms with Crippen molar-refractivity contribution in [2.75, 3.05) is 24.2 Å². The molecule has 1 aromatic carbocycles. The van der Waals surface area contributed by atoms with Crippen molar-refractivity contribution < 1.29 is 13.2 Å². The molecule has 0 saturated heterocycles. The van der Waals surface area contributed by atoms with Crippen LogP contribution >= 0.6 is 0 Å². The van der Waals surface area contributed by atoms with E-state index in [0.29, 0.717) is 18.4 Å². The summed E-state index contributed by atoms with van der Waals surface area (Å²) in [7, 11) is 1.76. The number of hydrogen-bond donors (Lipinski definition) is 1. The third kappa shape index (κ3) is 2.83. The van der Waals surface area contributed by atoms with E-state index < -0.39 is 11.7 Å². The first-order valence-electron chi connectivity index (χ1n) is 7.52. The molecule has 3 atom stereocenters. The Bertz CT molecular complexity index is 527. The molecule has 2 nitrogen and oxygen atoms in total. The molecule has 0 spiro atoms. The van der Waals surface area contributed by atoms with Crippen molar-refractivity contribution in [1.82, 2.24) is 0 Å². The molecule has 21 heavy (non-hydrogen) atoms. The minimum absolute atomic E-state index is 0.152. The average molecular weight is 298 g/mol. The molecule has 0 aliphatic heterocycles. The molecule has 5 heteroatoms. The number of nitrogens with two attached hydrogens (primary N) is 1. The second-order valence-corrected chi connectivity index (χ2v) is 6.59. The first kappa shape index (κ1) is 14.5. The van der Waals surface area contributed by atoms with Gasteiger partial charge in [0.1, 0.15) is 0 Å². The quantitative estimate of drug-likeness (QED) is 0.849. The fraction of sp³-hybridized carbons (Fsp3) is 0.625. The van der Waals surface area contributed by atoms with Crippen LogP contribution in [-0.2, 0) is 6.18 Å². The van der Waals surface area contributed by atoms with Crippen LogP contribution in [0.2, 0.25) is 0 Å². The topological polar surface area (TPSA) is 29.3 Å². The monoisotopic (exact) mass is 298 g/mol. The SMILES string of the molecule is CN(CC1CC2CCC1C2)c1ccc(N)cc1C(F)(F)F. The number of nitrogen functional groups attached to an aromatic ring is 1. The summed E-state index contributed by atoms with van der Waals surface area (Å²) in [5, 5.41) is 0. The van der Waals surface area contributed by atoms with Gasteiger partial charge in [0.15, 0.2) is 0 Å². The number of hydrogen-bond acceptors (Lipinski definition) is 2. The second kappa shape index (κ2) is 5.11. The minimum Gasteiger partial charge on any atom is -0.399 e.